The molecule has 1 saturated heterocycles. The number of rotatable bonds is 0. The van der Waals surface area contributed by atoms with E-state index >= 15 is 0 Å². The Labute approximate surface area is 92.0 Å². The largest absolute Gasteiger partial charge is 0.444 e. The average molecular weight is 215 g/mol. The third-order valence-corrected chi connectivity index (χ3v) is 2.47. The number of carbonyl (C=O) groups is 1. The Hall–Kier alpha value is -0.770. The third kappa shape index (κ3) is 4.51. The zero-order valence-corrected chi connectivity index (χ0v) is 10.2. The Morgan fingerprint density at radius 2 is 2.07 bits per heavy atom. The van der Waals surface area contributed by atoms with E-state index in [0.717, 1.165) is 26.1 Å². The van der Waals surface area contributed by atoms with Crippen LogP contribution in [0.25, 0.3) is 0 Å². The van der Waals surface area contributed by atoms with E-state index in [4.69, 9.17) is 4.74 Å². The summed E-state index contributed by atoms with van der Waals surface area (Å²) in [5, 5.41) is 2.28. The summed E-state index contributed by atoms with van der Waals surface area (Å²) in [7, 11) is 0. The Kier molecular flexibility index (Phi) is 3.97. The second kappa shape index (κ2) is 4.84. The minimum atomic E-state index is -0.390. The van der Waals surface area contributed by atoms with Gasteiger partial charge >= 0.3 is 6.09 Å². The van der Waals surface area contributed by atoms with Gasteiger partial charge in [-0.15, -0.1) is 0 Å². The van der Waals surface area contributed by atoms with Gasteiger partial charge in [0.25, 0.3) is 0 Å². The second-order valence-corrected chi connectivity index (χ2v) is 5.26. The topological polar surface area (TPSA) is 46.2 Å². The SMILES string of the molecule is C[C@H]1CCN(C(=O)OC(C)(C)C)CC[NH2+]1. The molecule has 0 spiro atoms. The molecule has 1 aliphatic rings. The van der Waals surface area contributed by atoms with Crippen LogP contribution in [0.5, 0.6) is 0 Å². The van der Waals surface area contributed by atoms with Gasteiger partial charge in [-0.05, 0) is 27.7 Å². The lowest BCUT2D eigenvalue weighted by atomic mass is 10.2. The summed E-state index contributed by atoms with van der Waals surface area (Å²) in [4.78, 5) is 13.6. The van der Waals surface area contributed by atoms with Crippen LogP contribution in [0, 0.1) is 0 Å². The zero-order valence-electron chi connectivity index (χ0n) is 10.2. The van der Waals surface area contributed by atoms with Crippen molar-refractivity contribution < 1.29 is 14.8 Å². The predicted molar refractivity (Wildman–Crippen MR) is 58.7 cm³/mol. The zero-order chi connectivity index (χ0) is 11.5. The molecule has 2 N–H and O–H groups in total. The van der Waals surface area contributed by atoms with Crippen LogP contribution in [-0.2, 0) is 4.74 Å². The molecule has 0 unspecified atom stereocenters. The molecule has 0 aromatic carbocycles. The first-order chi connectivity index (χ1) is 6.88. The van der Waals surface area contributed by atoms with Gasteiger partial charge in [-0.1, -0.05) is 0 Å². The highest BCUT2D eigenvalue weighted by atomic mass is 16.6. The van der Waals surface area contributed by atoms with Crippen LogP contribution >= 0.6 is 0 Å². The van der Waals surface area contributed by atoms with Crippen LogP contribution in [0.3, 0.4) is 0 Å². The molecule has 0 aromatic heterocycles. The van der Waals surface area contributed by atoms with Crippen LogP contribution in [0.4, 0.5) is 4.79 Å². The molecule has 0 aromatic rings. The molecular formula is C11H23N2O2+. The quantitative estimate of drug-likeness (QED) is 0.642. The van der Waals surface area contributed by atoms with E-state index < -0.39 is 5.60 Å². The number of nitrogens with two attached hydrogens (primary N) is 1. The molecular weight excluding hydrogens is 192 g/mol. The van der Waals surface area contributed by atoms with Gasteiger partial charge in [0.15, 0.2) is 0 Å². The van der Waals surface area contributed by atoms with Gasteiger partial charge in [0.05, 0.1) is 19.1 Å². The monoisotopic (exact) mass is 215 g/mol. The normalized spacial score (nSPS) is 23.5. The fraction of sp³-hybridized carbons (Fsp3) is 0.909. The first kappa shape index (κ1) is 12.3. The summed E-state index contributed by atoms with van der Waals surface area (Å²) in [6, 6.07) is 0.609. The molecule has 0 saturated carbocycles. The van der Waals surface area contributed by atoms with Gasteiger partial charge in [0.1, 0.15) is 5.60 Å². The summed E-state index contributed by atoms with van der Waals surface area (Å²) >= 11 is 0. The minimum Gasteiger partial charge on any atom is -0.444 e. The van der Waals surface area contributed by atoms with Crippen LogP contribution in [-0.4, -0.2) is 42.3 Å². The maximum atomic E-state index is 11.8. The summed E-state index contributed by atoms with van der Waals surface area (Å²) in [6.07, 6.45) is 0.865. The van der Waals surface area contributed by atoms with E-state index in [0.29, 0.717) is 6.04 Å². The number of ether oxygens (including phenoxy) is 1. The standard InChI is InChI=1S/C11H22N2O2/c1-9-5-7-13(8-6-12-9)10(14)15-11(2,3)4/h9,12H,5-8H2,1-4H3/p+1/t9-/m0/s1. The minimum absolute atomic E-state index is 0.176. The Morgan fingerprint density at radius 1 is 1.40 bits per heavy atom. The lowest BCUT2D eigenvalue weighted by Crippen LogP contribution is -2.89. The summed E-state index contributed by atoms with van der Waals surface area (Å²) in [5.74, 6) is 0. The molecule has 1 amide bonds. The highest BCUT2D eigenvalue weighted by molar-refractivity contribution is 5.68. The number of nitrogens with zero attached hydrogens (tertiary/aromatic N) is 1. The molecule has 88 valence electrons. The van der Waals surface area contributed by atoms with Crippen molar-refractivity contribution in [1.82, 2.24) is 4.90 Å². The summed E-state index contributed by atoms with van der Waals surface area (Å²) in [5.41, 5.74) is -0.390. The van der Waals surface area contributed by atoms with Crippen LogP contribution < -0.4 is 5.32 Å². The lowest BCUT2D eigenvalue weighted by Gasteiger charge is -2.25. The maximum Gasteiger partial charge on any atom is 0.410 e. The Bertz CT molecular complexity index is 223. The highest BCUT2D eigenvalue weighted by Gasteiger charge is 2.24. The van der Waals surface area contributed by atoms with E-state index in [1.807, 2.05) is 25.7 Å². The predicted octanol–water partition coefficient (Wildman–Crippen LogP) is 0.579. The molecule has 1 heterocycles. The van der Waals surface area contributed by atoms with Gasteiger partial charge in [-0.3, -0.25) is 0 Å². The van der Waals surface area contributed by atoms with E-state index in [-0.39, 0.29) is 6.09 Å². The fourth-order valence-electron chi connectivity index (χ4n) is 1.61. The molecule has 1 fully saturated rings. The van der Waals surface area contributed by atoms with Crippen molar-refractivity contribution in [3.05, 3.63) is 0 Å². The molecule has 0 bridgehead atoms. The smallest absolute Gasteiger partial charge is 0.410 e. The Morgan fingerprint density at radius 3 is 2.67 bits per heavy atom. The van der Waals surface area contributed by atoms with E-state index in [1.165, 1.54) is 0 Å². The molecule has 1 rings (SSSR count). The fourth-order valence-corrected chi connectivity index (χ4v) is 1.61. The molecule has 0 aliphatic carbocycles. The van der Waals surface area contributed by atoms with Gasteiger partial charge in [-0.2, -0.15) is 0 Å². The molecule has 1 aliphatic heterocycles. The van der Waals surface area contributed by atoms with Crippen molar-refractivity contribution >= 4 is 6.09 Å². The maximum absolute atomic E-state index is 11.8. The first-order valence-electron chi connectivity index (χ1n) is 5.70. The van der Waals surface area contributed by atoms with Gasteiger partial charge in [0, 0.05) is 13.0 Å². The molecule has 0 radical (unpaired) electrons. The Balaban J connectivity index is 2.45. The third-order valence-electron chi connectivity index (χ3n) is 2.47. The van der Waals surface area contributed by atoms with E-state index in [1.54, 1.807) is 0 Å². The van der Waals surface area contributed by atoms with Crippen molar-refractivity contribution in [3.8, 4) is 0 Å². The van der Waals surface area contributed by atoms with Crippen molar-refractivity contribution in [2.24, 2.45) is 0 Å². The average Bonchev–Trinajstić information content (AvgIpc) is 2.26. The molecule has 4 nitrogen and oxygen atoms in total. The first-order valence-corrected chi connectivity index (χ1v) is 5.70. The lowest BCUT2D eigenvalue weighted by molar-refractivity contribution is -0.682. The number of amides is 1. The number of carbonyl (C=O) groups excluding carboxylic acids is 1. The molecule has 1 atom stereocenters. The number of hydrogen-bond acceptors (Lipinski definition) is 2. The number of hydrogen-bond donors (Lipinski definition) is 1. The summed E-state index contributed by atoms with van der Waals surface area (Å²) in [6.45, 7) is 10.5. The van der Waals surface area contributed by atoms with Crippen molar-refractivity contribution in [3.63, 3.8) is 0 Å². The van der Waals surface area contributed by atoms with Gasteiger partial charge in [-0.25, -0.2) is 4.79 Å². The number of quaternary nitrogens is 1. The second-order valence-electron chi connectivity index (χ2n) is 5.26. The van der Waals surface area contributed by atoms with Crippen molar-refractivity contribution in [1.29, 1.82) is 0 Å². The van der Waals surface area contributed by atoms with Crippen LogP contribution in [0.1, 0.15) is 34.1 Å². The van der Waals surface area contributed by atoms with Gasteiger partial charge < -0.3 is 15.0 Å². The van der Waals surface area contributed by atoms with E-state index in [9.17, 15) is 4.79 Å². The van der Waals surface area contributed by atoms with Gasteiger partial charge in [0.2, 0.25) is 0 Å². The molecule has 4 heteroatoms. The molecule has 15 heavy (non-hydrogen) atoms. The summed E-state index contributed by atoms with van der Waals surface area (Å²) < 4.78 is 5.34. The van der Waals surface area contributed by atoms with E-state index in [2.05, 4.69) is 12.2 Å². The highest BCUT2D eigenvalue weighted by Crippen LogP contribution is 2.10. The van der Waals surface area contributed by atoms with Crippen LogP contribution in [0.2, 0.25) is 0 Å². The van der Waals surface area contributed by atoms with Crippen molar-refractivity contribution in [2.75, 3.05) is 19.6 Å². The van der Waals surface area contributed by atoms with Crippen LogP contribution in [0.15, 0.2) is 0 Å². The van der Waals surface area contributed by atoms with Crippen molar-refractivity contribution in [2.45, 2.75) is 45.8 Å².